The molecule has 0 atom stereocenters. The highest BCUT2D eigenvalue weighted by atomic mass is 79.9. The van der Waals surface area contributed by atoms with E-state index < -0.39 is 10.0 Å². The summed E-state index contributed by atoms with van der Waals surface area (Å²) in [4.78, 5) is 12.9. The Morgan fingerprint density at radius 2 is 1.58 bits per heavy atom. The van der Waals surface area contributed by atoms with Crippen LogP contribution in [0, 0.1) is 5.92 Å². The molecule has 33 heavy (non-hydrogen) atoms. The van der Waals surface area contributed by atoms with Crippen LogP contribution in [0.2, 0.25) is 0 Å². The number of amides is 1. The number of hydrogen-bond acceptors (Lipinski definition) is 4. The van der Waals surface area contributed by atoms with Gasteiger partial charge in [-0.3, -0.25) is 4.79 Å². The number of nitrogens with zero attached hydrogens (tertiary/aromatic N) is 1. The molecular formula is C25H25BrN2O4S. The van der Waals surface area contributed by atoms with Crippen LogP contribution in [0.15, 0.2) is 83.3 Å². The quantitative estimate of drug-likeness (QED) is 0.444. The van der Waals surface area contributed by atoms with Crippen LogP contribution in [0.5, 0.6) is 11.5 Å². The molecule has 6 nitrogen and oxygen atoms in total. The molecule has 1 heterocycles. The first-order valence-corrected chi connectivity index (χ1v) is 13.2. The van der Waals surface area contributed by atoms with E-state index in [1.54, 1.807) is 24.3 Å². The summed E-state index contributed by atoms with van der Waals surface area (Å²) in [6.45, 7) is 0.665. The first-order chi connectivity index (χ1) is 15.9. The monoisotopic (exact) mass is 528 g/mol. The van der Waals surface area contributed by atoms with E-state index in [2.05, 4.69) is 21.2 Å². The molecule has 172 valence electrons. The second kappa shape index (κ2) is 10.5. The molecule has 0 saturated carbocycles. The first-order valence-electron chi connectivity index (χ1n) is 10.8. The molecule has 4 rings (SSSR count). The number of rotatable bonds is 7. The van der Waals surface area contributed by atoms with Gasteiger partial charge in [0, 0.05) is 23.5 Å². The average molecular weight is 529 g/mol. The molecule has 0 aromatic heterocycles. The lowest BCUT2D eigenvalue weighted by Crippen LogP contribution is -2.41. The van der Waals surface area contributed by atoms with Crippen molar-refractivity contribution in [1.82, 2.24) is 4.31 Å². The lowest BCUT2D eigenvalue weighted by atomic mass is 9.97. The van der Waals surface area contributed by atoms with Gasteiger partial charge >= 0.3 is 0 Å². The Bertz CT molecular complexity index is 1190. The molecule has 0 unspecified atom stereocenters. The Balaban J connectivity index is 1.35. The fourth-order valence-corrected chi connectivity index (χ4v) is 5.62. The minimum Gasteiger partial charge on any atom is -0.455 e. The molecule has 1 amide bonds. The summed E-state index contributed by atoms with van der Waals surface area (Å²) in [5.74, 6) is 0.828. The fourth-order valence-electron chi connectivity index (χ4n) is 3.79. The molecule has 1 saturated heterocycles. The highest BCUT2D eigenvalue weighted by Crippen LogP contribution is 2.30. The van der Waals surface area contributed by atoms with Crippen LogP contribution in [0.4, 0.5) is 5.69 Å². The van der Waals surface area contributed by atoms with E-state index in [1.165, 1.54) is 4.31 Å². The van der Waals surface area contributed by atoms with Gasteiger partial charge in [-0.2, -0.15) is 0 Å². The predicted octanol–water partition coefficient (Wildman–Crippen LogP) is 5.42. The molecule has 1 fully saturated rings. The van der Waals surface area contributed by atoms with Crippen molar-refractivity contribution in [1.29, 1.82) is 0 Å². The van der Waals surface area contributed by atoms with Crippen molar-refractivity contribution in [3.05, 3.63) is 88.9 Å². The second-order valence-corrected chi connectivity index (χ2v) is 10.8. The average Bonchev–Trinajstić information content (AvgIpc) is 2.82. The van der Waals surface area contributed by atoms with Gasteiger partial charge in [0.2, 0.25) is 15.9 Å². The summed E-state index contributed by atoms with van der Waals surface area (Å²) in [6.07, 6.45) is 0.959. The zero-order valence-corrected chi connectivity index (χ0v) is 20.4. The minimum absolute atomic E-state index is 0.0403. The Morgan fingerprint density at radius 3 is 2.27 bits per heavy atom. The number of carbonyl (C=O) groups excluding carboxylic acids is 1. The Labute approximate surface area is 202 Å². The van der Waals surface area contributed by atoms with Crippen LogP contribution >= 0.6 is 15.9 Å². The van der Waals surface area contributed by atoms with Crippen molar-refractivity contribution >= 4 is 37.5 Å². The second-order valence-electron chi connectivity index (χ2n) is 7.96. The van der Waals surface area contributed by atoms with Crippen LogP contribution in [-0.4, -0.2) is 31.7 Å². The van der Waals surface area contributed by atoms with Crippen molar-refractivity contribution in [2.24, 2.45) is 5.92 Å². The van der Waals surface area contributed by atoms with Crippen molar-refractivity contribution in [3.63, 3.8) is 0 Å². The van der Waals surface area contributed by atoms with Gasteiger partial charge in [0.25, 0.3) is 0 Å². The summed E-state index contributed by atoms with van der Waals surface area (Å²) < 4.78 is 34.0. The van der Waals surface area contributed by atoms with Crippen LogP contribution < -0.4 is 10.1 Å². The van der Waals surface area contributed by atoms with Gasteiger partial charge < -0.3 is 10.1 Å². The number of benzene rings is 3. The highest BCUT2D eigenvalue weighted by Gasteiger charge is 2.31. The molecule has 1 aliphatic heterocycles. The third-order valence-electron chi connectivity index (χ3n) is 5.60. The SMILES string of the molecule is O=C(Nc1ccccc1Oc1ccccc1)C1CCN(S(=O)(=O)Cc2ccc(Br)cc2)CC1. The van der Waals surface area contributed by atoms with E-state index in [1.807, 2.05) is 54.6 Å². The number of nitrogens with one attached hydrogen (secondary N) is 1. The molecular weight excluding hydrogens is 504 g/mol. The molecule has 3 aromatic rings. The maximum Gasteiger partial charge on any atom is 0.227 e. The number of anilines is 1. The summed E-state index contributed by atoms with van der Waals surface area (Å²) in [5, 5.41) is 2.96. The maximum atomic E-state index is 12.9. The lowest BCUT2D eigenvalue weighted by Gasteiger charge is -2.30. The largest absolute Gasteiger partial charge is 0.455 e. The summed E-state index contributed by atoms with van der Waals surface area (Å²) in [7, 11) is -3.43. The molecule has 0 aliphatic carbocycles. The zero-order chi connectivity index (χ0) is 23.3. The number of halogens is 1. The Morgan fingerprint density at radius 1 is 0.939 bits per heavy atom. The van der Waals surface area contributed by atoms with E-state index in [0.29, 0.717) is 43.1 Å². The molecule has 1 aliphatic rings. The van der Waals surface area contributed by atoms with E-state index >= 15 is 0 Å². The topological polar surface area (TPSA) is 75.7 Å². The van der Waals surface area contributed by atoms with Crippen LogP contribution in [0.3, 0.4) is 0 Å². The molecule has 0 bridgehead atoms. The molecule has 0 radical (unpaired) electrons. The molecule has 0 spiro atoms. The van der Waals surface area contributed by atoms with Crippen molar-refractivity contribution < 1.29 is 17.9 Å². The minimum atomic E-state index is -3.43. The van der Waals surface area contributed by atoms with Gasteiger partial charge in [0.1, 0.15) is 5.75 Å². The third kappa shape index (κ3) is 6.22. The number of ether oxygens (including phenoxy) is 1. The van der Waals surface area contributed by atoms with Gasteiger partial charge in [0.15, 0.2) is 5.75 Å². The number of carbonyl (C=O) groups is 1. The van der Waals surface area contributed by atoms with E-state index in [0.717, 1.165) is 10.0 Å². The Kier molecular flexibility index (Phi) is 7.47. The van der Waals surface area contributed by atoms with Gasteiger partial charge in [0.05, 0.1) is 11.4 Å². The fraction of sp³-hybridized carbons (Fsp3) is 0.240. The third-order valence-corrected chi connectivity index (χ3v) is 7.98. The van der Waals surface area contributed by atoms with Crippen LogP contribution in [0.1, 0.15) is 18.4 Å². The summed E-state index contributed by atoms with van der Waals surface area (Å²) in [5.41, 5.74) is 1.34. The summed E-state index contributed by atoms with van der Waals surface area (Å²) in [6, 6.07) is 23.9. The van der Waals surface area contributed by atoms with Gasteiger partial charge in [-0.05, 0) is 54.8 Å². The highest BCUT2D eigenvalue weighted by molar-refractivity contribution is 9.10. The van der Waals surface area contributed by atoms with Crippen molar-refractivity contribution in [3.8, 4) is 11.5 Å². The number of sulfonamides is 1. The van der Waals surface area contributed by atoms with E-state index in [9.17, 15) is 13.2 Å². The molecule has 3 aromatic carbocycles. The Hall–Kier alpha value is -2.68. The number of hydrogen-bond donors (Lipinski definition) is 1. The van der Waals surface area contributed by atoms with Gasteiger partial charge in [-0.25, -0.2) is 12.7 Å². The van der Waals surface area contributed by atoms with Crippen LogP contribution in [-0.2, 0) is 20.6 Å². The predicted molar refractivity (Wildman–Crippen MR) is 133 cm³/mol. The van der Waals surface area contributed by atoms with Gasteiger partial charge in [-0.1, -0.05) is 58.4 Å². The number of para-hydroxylation sites is 3. The van der Waals surface area contributed by atoms with Crippen molar-refractivity contribution in [2.75, 3.05) is 18.4 Å². The van der Waals surface area contributed by atoms with Crippen LogP contribution in [0.25, 0.3) is 0 Å². The smallest absolute Gasteiger partial charge is 0.227 e. The first kappa shape index (κ1) is 23.5. The van der Waals surface area contributed by atoms with Crippen molar-refractivity contribution in [2.45, 2.75) is 18.6 Å². The lowest BCUT2D eigenvalue weighted by molar-refractivity contribution is -0.120. The standard InChI is InChI=1S/C25H25BrN2O4S/c26-21-12-10-19(11-13-21)18-33(30,31)28-16-14-20(15-17-28)25(29)27-23-8-4-5-9-24(23)32-22-6-2-1-3-7-22/h1-13,20H,14-18H2,(H,27,29). The van der Waals surface area contributed by atoms with E-state index in [4.69, 9.17) is 4.74 Å². The van der Waals surface area contributed by atoms with Gasteiger partial charge in [-0.15, -0.1) is 0 Å². The number of piperidine rings is 1. The summed E-state index contributed by atoms with van der Waals surface area (Å²) >= 11 is 3.36. The molecule has 8 heteroatoms. The van der Waals surface area contributed by atoms with E-state index in [-0.39, 0.29) is 17.6 Å². The maximum absolute atomic E-state index is 12.9. The molecule has 1 N–H and O–H groups in total. The normalized spacial score (nSPS) is 15.2. The zero-order valence-electron chi connectivity index (χ0n) is 18.0.